The fraction of sp³-hybridized carbons (Fsp3) is 0.389. The predicted octanol–water partition coefficient (Wildman–Crippen LogP) is 3.75. The van der Waals surface area contributed by atoms with Gasteiger partial charge in [0.15, 0.2) is 4.80 Å². The van der Waals surface area contributed by atoms with Crippen LogP contribution in [0, 0.1) is 5.92 Å². The summed E-state index contributed by atoms with van der Waals surface area (Å²) in [7, 11) is 0. The Morgan fingerprint density at radius 2 is 2.25 bits per heavy atom. The van der Waals surface area contributed by atoms with Crippen molar-refractivity contribution in [1.29, 1.82) is 0 Å². The zero-order valence-electron chi connectivity index (χ0n) is 13.4. The van der Waals surface area contributed by atoms with E-state index in [1.54, 1.807) is 12.4 Å². The number of carbonyl (C=O) groups is 1. The summed E-state index contributed by atoms with van der Waals surface area (Å²) in [6, 6.07) is 3.73. The van der Waals surface area contributed by atoms with Crippen LogP contribution in [0.4, 0.5) is 0 Å². The van der Waals surface area contributed by atoms with E-state index in [4.69, 9.17) is 0 Å². The lowest BCUT2D eigenvalue weighted by Gasteiger charge is -2.21. The number of thiazole rings is 1. The number of H-pyrrole nitrogens is 1. The van der Waals surface area contributed by atoms with Gasteiger partial charge in [-0.05, 0) is 30.9 Å². The van der Waals surface area contributed by atoms with Gasteiger partial charge in [-0.25, -0.2) is 4.98 Å². The van der Waals surface area contributed by atoms with Crippen LogP contribution >= 0.6 is 11.3 Å². The minimum absolute atomic E-state index is 0.214. The highest BCUT2D eigenvalue weighted by molar-refractivity contribution is 7.07. The molecule has 1 amide bonds. The van der Waals surface area contributed by atoms with Gasteiger partial charge in [0.25, 0.3) is 5.91 Å². The lowest BCUT2D eigenvalue weighted by Crippen LogP contribution is -2.22. The van der Waals surface area contributed by atoms with Crippen molar-refractivity contribution in [2.24, 2.45) is 10.9 Å². The van der Waals surface area contributed by atoms with Crippen LogP contribution in [0.2, 0.25) is 0 Å². The molecule has 1 aliphatic carbocycles. The van der Waals surface area contributed by atoms with E-state index in [1.165, 1.54) is 43.4 Å². The molecule has 1 saturated carbocycles. The minimum atomic E-state index is -0.214. The molecule has 0 aromatic carbocycles. The van der Waals surface area contributed by atoms with Gasteiger partial charge in [0.05, 0.1) is 5.56 Å². The molecule has 0 atom stereocenters. The Hall–Kier alpha value is -2.21. The number of aromatic amines is 1. The molecule has 1 fully saturated rings. The quantitative estimate of drug-likeness (QED) is 0.789. The van der Waals surface area contributed by atoms with Gasteiger partial charge < -0.3 is 9.55 Å². The highest BCUT2D eigenvalue weighted by atomic mass is 32.1. The van der Waals surface area contributed by atoms with Gasteiger partial charge in [0.1, 0.15) is 5.65 Å². The summed E-state index contributed by atoms with van der Waals surface area (Å²) < 4.78 is 2.13. The van der Waals surface area contributed by atoms with Crippen LogP contribution in [0.1, 0.15) is 42.5 Å². The molecule has 3 aromatic heterocycles. The number of amides is 1. The highest BCUT2D eigenvalue weighted by Gasteiger charge is 2.15. The molecule has 124 valence electrons. The highest BCUT2D eigenvalue weighted by Crippen LogP contribution is 2.24. The maximum atomic E-state index is 12.6. The summed E-state index contributed by atoms with van der Waals surface area (Å²) >= 11 is 1.52. The van der Waals surface area contributed by atoms with Crippen LogP contribution in [-0.2, 0) is 6.54 Å². The van der Waals surface area contributed by atoms with Crippen LogP contribution in [0.5, 0.6) is 0 Å². The SMILES string of the molecule is O=C(N=c1sccn1CC1CCCCC1)c1c[nH]c2ncccc12. The van der Waals surface area contributed by atoms with Crippen LogP contribution in [0.3, 0.4) is 0 Å². The number of hydrogen-bond acceptors (Lipinski definition) is 3. The summed E-state index contributed by atoms with van der Waals surface area (Å²) in [5, 5.41) is 2.83. The number of rotatable bonds is 3. The Labute approximate surface area is 144 Å². The molecule has 1 aliphatic rings. The fourth-order valence-corrected chi connectivity index (χ4v) is 4.19. The number of hydrogen-bond donors (Lipinski definition) is 1. The van der Waals surface area contributed by atoms with E-state index in [2.05, 4.69) is 19.5 Å². The van der Waals surface area contributed by atoms with Gasteiger partial charge >= 0.3 is 0 Å². The first-order valence-corrected chi connectivity index (χ1v) is 9.34. The molecule has 0 saturated heterocycles. The Morgan fingerprint density at radius 1 is 1.38 bits per heavy atom. The standard InChI is InChI=1S/C18H20N4OS/c23-17(15-11-20-16-14(15)7-4-8-19-16)21-18-22(9-10-24-18)12-13-5-2-1-3-6-13/h4,7-11,13H,1-3,5-6,12H2,(H,19,20). The van der Waals surface area contributed by atoms with Crippen molar-refractivity contribution < 1.29 is 4.79 Å². The van der Waals surface area contributed by atoms with E-state index < -0.39 is 0 Å². The van der Waals surface area contributed by atoms with Crippen molar-refractivity contribution in [3.05, 3.63) is 46.5 Å². The van der Waals surface area contributed by atoms with E-state index in [0.717, 1.165) is 22.4 Å². The third kappa shape index (κ3) is 3.06. The third-order valence-electron chi connectivity index (χ3n) is 4.72. The van der Waals surface area contributed by atoms with E-state index in [1.807, 2.05) is 23.7 Å². The Bertz CT molecular complexity index is 914. The van der Waals surface area contributed by atoms with Gasteiger partial charge in [-0.3, -0.25) is 4.79 Å². The lowest BCUT2D eigenvalue weighted by molar-refractivity contribution is 0.0999. The van der Waals surface area contributed by atoms with Gasteiger partial charge in [0, 0.05) is 35.9 Å². The predicted molar refractivity (Wildman–Crippen MR) is 94.9 cm³/mol. The topological polar surface area (TPSA) is 63.0 Å². The molecule has 0 bridgehead atoms. The molecule has 3 heterocycles. The molecular formula is C18H20N4OS. The van der Waals surface area contributed by atoms with Crippen LogP contribution < -0.4 is 4.80 Å². The zero-order chi connectivity index (χ0) is 16.4. The van der Waals surface area contributed by atoms with E-state index >= 15 is 0 Å². The summed E-state index contributed by atoms with van der Waals surface area (Å²) in [6.07, 6.45) is 12.0. The molecule has 0 unspecified atom stereocenters. The molecule has 1 N–H and O–H groups in total. The first kappa shape index (κ1) is 15.3. The molecule has 4 rings (SSSR count). The van der Waals surface area contributed by atoms with Crippen molar-refractivity contribution in [3.63, 3.8) is 0 Å². The maximum Gasteiger partial charge on any atom is 0.281 e. The average molecular weight is 340 g/mol. The molecule has 3 aromatic rings. The molecule has 24 heavy (non-hydrogen) atoms. The third-order valence-corrected chi connectivity index (χ3v) is 5.51. The van der Waals surface area contributed by atoms with Crippen LogP contribution in [0.25, 0.3) is 11.0 Å². The summed E-state index contributed by atoms with van der Waals surface area (Å²) in [4.78, 5) is 25.0. The van der Waals surface area contributed by atoms with Crippen molar-refractivity contribution in [1.82, 2.24) is 14.5 Å². The van der Waals surface area contributed by atoms with Crippen LogP contribution in [-0.4, -0.2) is 20.4 Å². The van der Waals surface area contributed by atoms with E-state index in [9.17, 15) is 4.79 Å². The number of aromatic nitrogens is 3. The first-order valence-electron chi connectivity index (χ1n) is 8.46. The van der Waals surface area contributed by atoms with E-state index in [-0.39, 0.29) is 5.91 Å². The molecule has 0 aliphatic heterocycles. The molecule has 0 radical (unpaired) electrons. The van der Waals surface area contributed by atoms with Gasteiger partial charge in [0.2, 0.25) is 0 Å². The van der Waals surface area contributed by atoms with Gasteiger partial charge in [-0.1, -0.05) is 19.3 Å². The Kier molecular flexibility index (Phi) is 4.30. The molecule has 0 spiro atoms. The number of fused-ring (bicyclic) bond motifs is 1. The van der Waals surface area contributed by atoms with E-state index in [0.29, 0.717) is 11.5 Å². The molecule has 6 heteroatoms. The lowest BCUT2D eigenvalue weighted by atomic mass is 9.89. The Balaban J connectivity index is 1.61. The monoisotopic (exact) mass is 340 g/mol. The summed E-state index contributed by atoms with van der Waals surface area (Å²) in [6.45, 7) is 0.963. The smallest absolute Gasteiger partial charge is 0.281 e. The number of nitrogens with one attached hydrogen (secondary N) is 1. The second kappa shape index (κ2) is 6.73. The number of nitrogens with zero attached hydrogens (tertiary/aromatic N) is 3. The Morgan fingerprint density at radius 3 is 3.12 bits per heavy atom. The summed E-state index contributed by atoms with van der Waals surface area (Å²) in [5.74, 6) is 0.494. The second-order valence-electron chi connectivity index (χ2n) is 6.36. The van der Waals surface area contributed by atoms with Crippen molar-refractivity contribution >= 4 is 28.3 Å². The summed E-state index contributed by atoms with van der Waals surface area (Å²) in [5.41, 5.74) is 1.30. The average Bonchev–Trinajstić information content (AvgIpc) is 3.23. The van der Waals surface area contributed by atoms with Crippen molar-refractivity contribution in [2.75, 3.05) is 0 Å². The zero-order valence-corrected chi connectivity index (χ0v) is 14.3. The largest absolute Gasteiger partial charge is 0.345 e. The number of pyridine rings is 1. The minimum Gasteiger partial charge on any atom is -0.345 e. The number of carbonyl (C=O) groups excluding carboxylic acids is 1. The molecular weight excluding hydrogens is 320 g/mol. The second-order valence-corrected chi connectivity index (χ2v) is 7.23. The van der Waals surface area contributed by atoms with Crippen molar-refractivity contribution in [2.45, 2.75) is 38.6 Å². The fourth-order valence-electron chi connectivity index (χ4n) is 3.45. The molecule has 5 nitrogen and oxygen atoms in total. The van der Waals surface area contributed by atoms with Gasteiger partial charge in [-0.2, -0.15) is 4.99 Å². The van der Waals surface area contributed by atoms with Crippen molar-refractivity contribution in [3.8, 4) is 0 Å². The first-order chi connectivity index (χ1) is 11.8. The normalized spacial score (nSPS) is 16.8. The van der Waals surface area contributed by atoms with Gasteiger partial charge in [-0.15, -0.1) is 11.3 Å². The maximum absolute atomic E-state index is 12.6. The van der Waals surface area contributed by atoms with Crippen LogP contribution in [0.15, 0.2) is 41.1 Å².